The Kier molecular flexibility index (Phi) is 20.9. The molecule has 0 saturated heterocycles. The molecule has 68 heavy (non-hydrogen) atoms. The van der Waals surface area contributed by atoms with Gasteiger partial charge in [0.15, 0.2) is 0 Å². The van der Waals surface area contributed by atoms with Crippen LogP contribution in [0.15, 0.2) is 206 Å². The van der Waals surface area contributed by atoms with Gasteiger partial charge in [0, 0.05) is 24.3 Å². The van der Waals surface area contributed by atoms with Crippen LogP contribution in [-0.2, 0) is 21.8 Å². The van der Waals surface area contributed by atoms with Crippen molar-refractivity contribution in [3.8, 4) is 11.5 Å². The molecule has 0 aromatic heterocycles. The zero-order chi connectivity index (χ0) is 45.3. The number of halogens is 2. The van der Waals surface area contributed by atoms with Crippen LogP contribution in [0.5, 0.6) is 11.5 Å². The van der Waals surface area contributed by atoms with Crippen molar-refractivity contribution in [1.29, 1.82) is 0 Å². The molecule has 352 valence electrons. The first-order valence-corrected chi connectivity index (χ1v) is 27.7. The molecule has 8 aromatic rings. The summed E-state index contributed by atoms with van der Waals surface area (Å²) in [5, 5.41) is 10.3. The van der Waals surface area contributed by atoms with Gasteiger partial charge in [0.2, 0.25) is 0 Å². The van der Waals surface area contributed by atoms with Crippen LogP contribution >= 0.6 is 14.5 Å². The molecule has 0 fully saturated rings. The fraction of sp³-hybridized carbons (Fsp3) is 0.233. The molecule has 0 atom stereocenters. The topological polar surface area (TPSA) is 36.9 Å². The maximum absolute atomic E-state index is 6.88. The first-order valence-electron chi connectivity index (χ1n) is 23.8. The number of unbranched alkanes of at least 4 members (excludes halogenated alkanes) is 2. The van der Waals surface area contributed by atoms with Crippen LogP contribution in [0, 0.1) is 0 Å². The summed E-state index contributed by atoms with van der Waals surface area (Å²) in [5.41, 5.74) is 2.36. The zero-order valence-electron chi connectivity index (χ0n) is 39.4. The van der Waals surface area contributed by atoms with Crippen molar-refractivity contribution >= 4 is 57.1 Å². The van der Waals surface area contributed by atoms with Crippen molar-refractivity contribution < 1.29 is 52.9 Å². The van der Waals surface area contributed by atoms with Crippen LogP contribution in [0.25, 0.3) is 10.8 Å². The van der Waals surface area contributed by atoms with Gasteiger partial charge in [-0.15, -0.1) is 0 Å². The maximum Gasteiger partial charge on any atom is 0.126 e. The highest BCUT2D eigenvalue weighted by atomic mass is 79.9. The van der Waals surface area contributed by atoms with E-state index in [2.05, 4.69) is 220 Å². The Morgan fingerprint density at radius 3 is 0.853 bits per heavy atom. The summed E-state index contributed by atoms with van der Waals surface area (Å²) in [6.07, 6.45) is 5.84. The van der Waals surface area contributed by atoms with Gasteiger partial charge in [-0.05, 0) is 121 Å². The number of benzene rings is 8. The van der Waals surface area contributed by atoms with Crippen LogP contribution in [0.1, 0.15) is 50.7 Å². The zero-order valence-corrected chi connectivity index (χ0v) is 44.4. The van der Waals surface area contributed by atoms with Gasteiger partial charge < -0.3 is 52.9 Å². The van der Waals surface area contributed by atoms with E-state index in [-0.39, 0.29) is 34.0 Å². The molecule has 0 N–H and O–H groups in total. The molecule has 0 aliphatic heterocycles. The molecule has 8 heteroatoms. The first kappa shape index (κ1) is 52.7. The van der Waals surface area contributed by atoms with Gasteiger partial charge in [0.25, 0.3) is 0 Å². The van der Waals surface area contributed by atoms with E-state index in [0.717, 1.165) is 73.5 Å². The molecule has 8 aromatic carbocycles. The van der Waals surface area contributed by atoms with Crippen LogP contribution < -0.4 is 75.3 Å². The standard InChI is InChI=1S/C60H64O4P2.2BrH/c1-3-5-37-61-39-41-63-59-45-50-46-60(64-42-40-62-38-6-4-2)52(48-66(56-31-19-10-20-32-56,57-33-21-11-22-34-57)58-35-23-12-24-36-58)44-49(50)43-51(59)47-65(53-25-13-7-14-26-53,54-27-15-8-16-28-54)55-29-17-9-18-30-55;;/h7-36,43-46H,3-6,37-42,47-48H2,1-2H3;2*1H/q+2;;/p-2. The first-order chi connectivity index (χ1) is 32.7. The van der Waals surface area contributed by atoms with Gasteiger partial charge in [-0.25, -0.2) is 0 Å². The Bertz CT molecular complexity index is 2300. The van der Waals surface area contributed by atoms with E-state index in [4.69, 9.17) is 18.9 Å². The van der Waals surface area contributed by atoms with E-state index in [1.807, 2.05) is 0 Å². The highest BCUT2D eigenvalue weighted by Crippen LogP contribution is 2.61. The molecule has 0 aliphatic rings. The summed E-state index contributed by atoms with van der Waals surface area (Å²) in [6, 6.07) is 76.2. The summed E-state index contributed by atoms with van der Waals surface area (Å²) >= 11 is 0. The average Bonchev–Trinajstić information content (AvgIpc) is 3.38. The molecule has 8 rings (SSSR count). The van der Waals surface area contributed by atoms with Crippen LogP contribution in [0.4, 0.5) is 0 Å². The SMILES string of the molecule is CCCCOCCOc1cc2cc(OCCOCCCC)c(C[P+](c3ccccc3)(c3ccccc3)c3ccccc3)cc2cc1C[P+](c1ccccc1)(c1ccccc1)c1ccccc1.[Br-].[Br-]. The Balaban J connectivity index is 0.00000381. The van der Waals surface area contributed by atoms with E-state index in [1.54, 1.807) is 0 Å². The highest BCUT2D eigenvalue weighted by Gasteiger charge is 2.47. The number of hydrogen-bond acceptors (Lipinski definition) is 4. The largest absolute Gasteiger partial charge is 1.00 e. The van der Waals surface area contributed by atoms with Crippen molar-refractivity contribution in [2.24, 2.45) is 0 Å². The second kappa shape index (κ2) is 26.9. The fourth-order valence-electron chi connectivity index (χ4n) is 9.08. The molecule has 0 spiro atoms. The van der Waals surface area contributed by atoms with Gasteiger partial charge >= 0.3 is 0 Å². The van der Waals surface area contributed by atoms with Crippen molar-refractivity contribution in [3.63, 3.8) is 0 Å². The lowest BCUT2D eigenvalue weighted by atomic mass is 10.0. The third-order valence-corrected chi connectivity index (χ3v) is 21.2. The average molecular weight is 1070 g/mol. The normalized spacial score (nSPS) is 11.4. The molecule has 0 aliphatic carbocycles. The van der Waals surface area contributed by atoms with Crippen molar-refractivity contribution in [3.05, 3.63) is 217 Å². The van der Waals surface area contributed by atoms with E-state index in [0.29, 0.717) is 26.4 Å². The Morgan fingerprint density at radius 1 is 0.324 bits per heavy atom. The monoisotopic (exact) mass is 1070 g/mol. The number of hydrogen-bond donors (Lipinski definition) is 0. The predicted octanol–water partition coefficient (Wildman–Crippen LogP) is 6.23. The highest BCUT2D eigenvalue weighted by molar-refractivity contribution is 7.95. The van der Waals surface area contributed by atoms with E-state index in [9.17, 15) is 0 Å². The molecule has 0 saturated carbocycles. The number of ether oxygens (including phenoxy) is 4. The third kappa shape index (κ3) is 12.6. The molecule has 0 radical (unpaired) electrons. The summed E-state index contributed by atoms with van der Waals surface area (Å²) in [7, 11) is -4.56. The molecule has 0 amide bonds. The lowest BCUT2D eigenvalue weighted by Gasteiger charge is -2.29. The van der Waals surface area contributed by atoms with Gasteiger partial charge in [-0.2, -0.15) is 0 Å². The van der Waals surface area contributed by atoms with E-state index >= 15 is 0 Å². The lowest BCUT2D eigenvalue weighted by molar-refractivity contribution is -0.001000. The molecular formula is C60H64Br2O4P2. The van der Waals surface area contributed by atoms with Gasteiger partial charge in [0.05, 0.1) is 13.2 Å². The van der Waals surface area contributed by atoms with E-state index < -0.39 is 14.5 Å². The lowest BCUT2D eigenvalue weighted by Crippen LogP contribution is -3.00. The quantitative estimate of drug-likeness (QED) is 0.0533. The summed E-state index contributed by atoms with van der Waals surface area (Å²) < 4.78 is 25.9. The van der Waals surface area contributed by atoms with Crippen LogP contribution in [0.3, 0.4) is 0 Å². The fourth-order valence-corrected chi connectivity index (χ4v) is 17.6. The van der Waals surface area contributed by atoms with Gasteiger partial charge in [-0.1, -0.05) is 136 Å². The third-order valence-electron chi connectivity index (χ3n) is 12.5. The van der Waals surface area contributed by atoms with E-state index in [1.165, 1.54) is 43.0 Å². The van der Waals surface area contributed by atoms with Gasteiger partial charge in [-0.3, -0.25) is 0 Å². The van der Waals surface area contributed by atoms with Crippen LogP contribution in [0.2, 0.25) is 0 Å². The Labute approximate surface area is 427 Å². The van der Waals surface area contributed by atoms with Crippen LogP contribution in [-0.4, -0.2) is 39.6 Å². The molecule has 0 unspecified atom stereocenters. The summed E-state index contributed by atoms with van der Waals surface area (Å²) in [6.45, 7) is 7.85. The Morgan fingerprint density at radius 2 is 0.588 bits per heavy atom. The predicted molar refractivity (Wildman–Crippen MR) is 284 cm³/mol. The molecule has 0 heterocycles. The van der Waals surface area contributed by atoms with Crippen molar-refractivity contribution in [1.82, 2.24) is 0 Å². The van der Waals surface area contributed by atoms with Crippen molar-refractivity contribution in [2.45, 2.75) is 51.9 Å². The smallest absolute Gasteiger partial charge is 0.126 e. The number of rotatable bonds is 24. The summed E-state index contributed by atoms with van der Waals surface area (Å²) in [4.78, 5) is 0. The minimum Gasteiger partial charge on any atom is -1.00 e. The second-order valence-corrected chi connectivity index (χ2v) is 23.8. The Hall–Kier alpha value is -4.64. The molecule has 4 nitrogen and oxygen atoms in total. The molecular weight excluding hydrogens is 1010 g/mol. The maximum atomic E-state index is 6.88. The minimum absolute atomic E-state index is 0. The van der Waals surface area contributed by atoms with Crippen molar-refractivity contribution in [2.75, 3.05) is 39.6 Å². The minimum atomic E-state index is -2.28. The van der Waals surface area contributed by atoms with Gasteiger partial charge in [0.1, 0.15) is 83.4 Å². The molecule has 0 bridgehead atoms. The second-order valence-electron chi connectivity index (χ2n) is 16.8. The number of fused-ring (bicyclic) bond motifs is 1. The summed E-state index contributed by atoms with van der Waals surface area (Å²) in [5.74, 6) is 1.77.